The second-order valence-corrected chi connectivity index (χ2v) is 7.14. The molecule has 0 aliphatic rings. The summed E-state index contributed by atoms with van der Waals surface area (Å²) in [4.78, 5) is 16.2. The number of pyridine rings is 1. The molecule has 2 aromatic rings. The number of urea groups is 1. The van der Waals surface area contributed by atoms with Crippen molar-refractivity contribution in [2.45, 2.75) is 45.2 Å². The number of benzene rings is 1. The summed E-state index contributed by atoms with van der Waals surface area (Å²) in [6, 6.07) is 2.97. The maximum absolute atomic E-state index is 13.5. The van der Waals surface area contributed by atoms with Gasteiger partial charge in [0.25, 0.3) is 0 Å². The topological polar surface area (TPSA) is 54.0 Å². The minimum Gasteiger partial charge on any atom is -0.335 e. The Balaban J connectivity index is 2.48. The second-order valence-electron chi connectivity index (χ2n) is 7.14. The largest absolute Gasteiger partial charge is 0.418 e. The van der Waals surface area contributed by atoms with Crippen molar-refractivity contribution in [3.63, 3.8) is 0 Å². The normalized spacial score (nSPS) is 14.3. The molecule has 0 fully saturated rings. The predicted molar refractivity (Wildman–Crippen MR) is 98.5 cm³/mol. The zero-order valence-corrected chi connectivity index (χ0v) is 16.4. The first-order chi connectivity index (χ1) is 13.8. The molecule has 2 atom stereocenters. The summed E-state index contributed by atoms with van der Waals surface area (Å²) in [5.74, 6) is 0.0563. The number of aromatic nitrogens is 1. The van der Waals surface area contributed by atoms with Crippen molar-refractivity contribution in [1.29, 1.82) is 0 Å². The van der Waals surface area contributed by atoms with Crippen molar-refractivity contribution < 1.29 is 31.1 Å². The standard InChI is InChI=1S/C20H21F6N3O/c1-11(2)12(3)28-18(30)29-16(13-6-8-14(9-7-13)19(21,22)23)17-15(20(24,25)26)5-4-10-27-17/h4-12,16H,1-3H3,(H2,28,29,30). The molecule has 2 unspecified atom stereocenters. The quantitative estimate of drug-likeness (QED) is 0.608. The molecule has 0 bridgehead atoms. The van der Waals surface area contributed by atoms with E-state index in [9.17, 15) is 31.1 Å². The van der Waals surface area contributed by atoms with Crippen LogP contribution in [-0.4, -0.2) is 17.1 Å². The lowest BCUT2D eigenvalue weighted by Crippen LogP contribution is -2.45. The van der Waals surface area contributed by atoms with Gasteiger partial charge in [0, 0.05) is 12.2 Å². The fourth-order valence-corrected chi connectivity index (χ4v) is 2.61. The van der Waals surface area contributed by atoms with Crippen LogP contribution >= 0.6 is 0 Å². The van der Waals surface area contributed by atoms with E-state index >= 15 is 0 Å². The average Bonchev–Trinajstić information content (AvgIpc) is 2.64. The van der Waals surface area contributed by atoms with Crippen LogP contribution in [0.3, 0.4) is 0 Å². The van der Waals surface area contributed by atoms with Crippen LogP contribution in [0.2, 0.25) is 0 Å². The van der Waals surface area contributed by atoms with E-state index in [0.717, 1.165) is 42.6 Å². The van der Waals surface area contributed by atoms with Crippen LogP contribution in [-0.2, 0) is 12.4 Å². The zero-order chi connectivity index (χ0) is 22.7. The number of hydrogen-bond acceptors (Lipinski definition) is 2. The Morgan fingerprint density at radius 3 is 2.00 bits per heavy atom. The molecule has 0 spiro atoms. The summed E-state index contributed by atoms with van der Waals surface area (Å²) in [5, 5.41) is 5.02. The fourth-order valence-electron chi connectivity index (χ4n) is 2.61. The number of nitrogens with zero attached hydrogens (tertiary/aromatic N) is 1. The zero-order valence-electron chi connectivity index (χ0n) is 16.4. The first-order valence-electron chi connectivity index (χ1n) is 9.07. The maximum Gasteiger partial charge on any atom is 0.418 e. The molecule has 0 aliphatic heterocycles. The fraction of sp³-hybridized carbons (Fsp3) is 0.400. The first-order valence-corrected chi connectivity index (χ1v) is 9.07. The van der Waals surface area contributed by atoms with Gasteiger partial charge >= 0.3 is 18.4 Å². The van der Waals surface area contributed by atoms with E-state index < -0.39 is 41.2 Å². The molecule has 0 saturated heterocycles. The lowest BCUT2D eigenvalue weighted by molar-refractivity contribution is -0.139. The molecule has 164 valence electrons. The van der Waals surface area contributed by atoms with E-state index in [1.165, 1.54) is 0 Å². The molecule has 4 nitrogen and oxygen atoms in total. The monoisotopic (exact) mass is 433 g/mol. The molecule has 1 aromatic heterocycles. The van der Waals surface area contributed by atoms with Crippen molar-refractivity contribution in [1.82, 2.24) is 15.6 Å². The highest BCUT2D eigenvalue weighted by Crippen LogP contribution is 2.36. The second kappa shape index (κ2) is 8.93. The van der Waals surface area contributed by atoms with Crippen LogP contribution in [0.25, 0.3) is 0 Å². The number of hydrogen-bond donors (Lipinski definition) is 2. The Labute approximate surface area is 169 Å². The minimum atomic E-state index is -4.77. The van der Waals surface area contributed by atoms with Gasteiger partial charge in [-0.15, -0.1) is 0 Å². The van der Waals surface area contributed by atoms with Gasteiger partial charge in [0.05, 0.1) is 22.9 Å². The number of alkyl halides is 6. The lowest BCUT2D eigenvalue weighted by atomic mass is 9.98. The van der Waals surface area contributed by atoms with Crippen molar-refractivity contribution in [3.8, 4) is 0 Å². The smallest absolute Gasteiger partial charge is 0.335 e. The molecule has 10 heteroatoms. The molecule has 30 heavy (non-hydrogen) atoms. The van der Waals surface area contributed by atoms with Gasteiger partial charge < -0.3 is 10.6 Å². The van der Waals surface area contributed by atoms with E-state index in [2.05, 4.69) is 15.6 Å². The van der Waals surface area contributed by atoms with Crippen LogP contribution in [0.4, 0.5) is 31.1 Å². The molecule has 0 radical (unpaired) electrons. The Kier molecular flexibility index (Phi) is 6.99. The molecule has 0 saturated carbocycles. The number of carbonyl (C=O) groups is 1. The van der Waals surface area contributed by atoms with Gasteiger partial charge in [0.15, 0.2) is 0 Å². The Morgan fingerprint density at radius 1 is 0.900 bits per heavy atom. The first kappa shape index (κ1) is 23.5. The van der Waals surface area contributed by atoms with Crippen LogP contribution in [0.1, 0.15) is 49.2 Å². The molecular weight excluding hydrogens is 412 g/mol. The van der Waals surface area contributed by atoms with Gasteiger partial charge in [-0.2, -0.15) is 26.3 Å². The third-order valence-corrected chi connectivity index (χ3v) is 4.62. The van der Waals surface area contributed by atoms with Crippen molar-refractivity contribution in [2.75, 3.05) is 0 Å². The van der Waals surface area contributed by atoms with Crippen molar-refractivity contribution in [2.24, 2.45) is 5.92 Å². The third kappa shape index (κ3) is 5.87. The van der Waals surface area contributed by atoms with Crippen molar-refractivity contribution >= 4 is 6.03 Å². The molecule has 1 heterocycles. The highest BCUT2D eigenvalue weighted by molar-refractivity contribution is 5.75. The summed E-state index contributed by atoms with van der Waals surface area (Å²) in [6.45, 7) is 5.41. The predicted octanol–water partition coefficient (Wildman–Crippen LogP) is 5.55. The molecule has 2 N–H and O–H groups in total. The summed E-state index contributed by atoms with van der Waals surface area (Å²) in [7, 11) is 0. The van der Waals surface area contributed by atoms with Gasteiger partial charge in [-0.3, -0.25) is 4.98 Å². The van der Waals surface area contributed by atoms with Crippen LogP contribution in [0.5, 0.6) is 0 Å². The van der Waals surface area contributed by atoms with Gasteiger partial charge in [-0.05, 0) is 42.7 Å². The van der Waals surface area contributed by atoms with E-state index in [1.54, 1.807) is 6.92 Å². The van der Waals surface area contributed by atoms with E-state index in [4.69, 9.17) is 0 Å². The summed E-state index contributed by atoms with van der Waals surface area (Å²) >= 11 is 0. The molecular formula is C20H21F6N3O. The average molecular weight is 433 g/mol. The molecule has 0 aliphatic carbocycles. The van der Waals surface area contributed by atoms with Gasteiger partial charge in [-0.1, -0.05) is 26.0 Å². The number of halogens is 6. The summed E-state index contributed by atoms with van der Waals surface area (Å²) in [5.41, 5.74) is -2.54. The Morgan fingerprint density at radius 2 is 1.50 bits per heavy atom. The SMILES string of the molecule is CC(C)C(C)NC(=O)NC(c1ccc(C(F)(F)F)cc1)c1ncccc1C(F)(F)F. The number of rotatable bonds is 5. The van der Waals surface area contributed by atoms with Crippen molar-refractivity contribution in [3.05, 3.63) is 65.0 Å². The highest BCUT2D eigenvalue weighted by Gasteiger charge is 2.37. The van der Waals surface area contributed by atoms with E-state index in [-0.39, 0.29) is 17.5 Å². The third-order valence-electron chi connectivity index (χ3n) is 4.62. The van der Waals surface area contributed by atoms with Gasteiger partial charge in [-0.25, -0.2) is 4.79 Å². The van der Waals surface area contributed by atoms with Gasteiger partial charge in [0.1, 0.15) is 0 Å². The summed E-state index contributed by atoms with van der Waals surface area (Å²) in [6.07, 6.45) is -8.25. The van der Waals surface area contributed by atoms with Crippen LogP contribution < -0.4 is 10.6 Å². The minimum absolute atomic E-state index is 0.0274. The number of nitrogens with one attached hydrogen (secondary N) is 2. The summed E-state index contributed by atoms with van der Waals surface area (Å²) < 4.78 is 79.0. The van der Waals surface area contributed by atoms with Crippen LogP contribution in [0, 0.1) is 5.92 Å². The number of amides is 2. The Hall–Kier alpha value is -2.78. The van der Waals surface area contributed by atoms with E-state index in [0.29, 0.717) is 0 Å². The molecule has 2 rings (SSSR count). The lowest BCUT2D eigenvalue weighted by Gasteiger charge is -2.25. The van der Waals surface area contributed by atoms with Gasteiger partial charge in [0.2, 0.25) is 0 Å². The number of carbonyl (C=O) groups excluding carboxylic acids is 1. The Bertz CT molecular complexity index is 862. The highest BCUT2D eigenvalue weighted by atomic mass is 19.4. The van der Waals surface area contributed by atoms with Crippen LogP contribution in [0.15, 0.2) is 42.6 Å². The van der Waals surface area contributed by atoms with E-state index in [1.807, 2.05) is 13.8 Å². The molecule has 2 amide bonds. The maximum atomic E-state index is 13.5. The molecule has 1 aromatic carbocycles.